The SMILES string of the molecule is Bc1ccc(C)c(C)c1C. The summed E-state index contributed by atoms with van der Waals surface area (Å²) in [4.78, 5) is 0. The van der Waals surface area contributed by atoms with Crippen LogP contribution in [0.1, 0.15) is 16.7 Å². The van der Waals surface area contributed by atoms with E-state index >= 15 is 0 Å². The molecule has 1 aromatic rings. The molecular formula is C9H13B. The normalized spacial score (nSPS) is 9.90. The average molecular weight is 132 g/mol. The van der Waals surface area contributed by atoms with E-state index in [1.165, 1.54) is 22.2 Å². The Labute approximate surface area is 63.7 Å². The molecule has 0 aliphatic rings. The van der Waals surface area contributed by atoms with E-state index in [0.29, 0.717) is 0 Å². The third kappa shape index (κ3) is 1.09. The van der Waals surface area contributed by atoms with E-state index in [-0.39, 0.29) is 0 Å². The zero-order valence-corrected chi connectivity index (χ0v) is 7.15. The monoisotopic (exact) mass is 132 g/mol. The lowest BCUT2D eigenvalue weighted by molar-refractivity contribution is 1.28. The van der Waals surface area contributed by atoms with E-state index in [9.17, 15) is 0 Å². The third-order valence-corrected chi connectivity index (χ3v) is 2.33. The molecule has 0 saturated carbocycles. The van der Waals surface area contributed by atoms with Crippen molar-refractivity contribution in [3.8, 4) is 0 Å². The summed E-state index contributed by atoms with van der Waals surface area (Å²) < 4.78 is 0. The molecule has 52 valence electrons. The molecule has 10 heavy (non-hydrogen) atoms. The van der Waals surface area contributed by atoms with Gasteiger partial charge in [-0.25, -0.2) is 0 Å². The highest BCUT2D eigenvalue weighted by molar-refractivity contribution is 6.33. The zero-order chi connectivity index (χ0) is 7.72. The maximum Gasteiger partial charge on any atom is 0.139 e. The zero-order valence-electron chi connectivity index (χ0n) is 7.15. The minimum Gasteiger partial charge on any atom is -0.0858 e. The van der Waals surface area contributed by atoms with Crippen LogP contribution in [0.5, 0.6) is 0 Å². The van der Waals surface area contributed by atoms with E-state index in [1.54, 1.807) is 0 Å². The Morgan fingerprint density at radius 2 is 1.60 bits per heavy atom. The highest BCUT2D eigenvalue weighted by atomic mass is 14.0. The summed E-state index contributed by atoms with van der Waals surface area (Å²) in [5.74, 6) is 0. The molecule has 0 N–H and O–H groups in total. The third-order valence-electron chi connectivity index (χ3n) is 2.33. The van der Waals surface area contributed by atoms with E-state index in [1.807, 2.05) is 0 Å². The van der Waals surface area contributed by atoms with Gasteiger partial charge in [0.05, 0.1) is 0 Å². The van der Waals surface area contributed by atoms with Crippen LogP contribution in [0.2, 0.25) is 0 Å². The molecule has 0 fully saturated rings. The summed E-state index contributed by atoms with van der Waals surface area (Å²) in [5.41, 5.74) is 5.64. The van der Waals surface area contributed by atoms with Crippen molar-refractivity contribution in [1.29, 1.82) is 0 Å². The Hall–Kier alpha value is -0.715. The number of benzene rings is 1. The molecule has 0 heterocycles. The van der Waals surface area contributed by atoms with Crippen LogP contribution in [0.4, 0.5) is 0 Å². The Bertz CT molecular complexity index is 224. The Morgan fingerprint density at radius 3 is 2.10 bits per heavy atom. The minimum atomic E-state index is 1.39. The van der Waals surface area contributed by atoms with Crippen molar-refractivity contribution in [2.24, 2.45) is 0 Å². The topological polar surface area (TPSA) is 0 Å². The predicted octanol–water partition coefficient (Wildman–Crippen LogP) is 0.870. The highest BCUT2D eigenvalue weighted by Gasteiger charge is 1.97. The second kappa shape index (κ2) is 2.49. The van der Waals surface area contributed by atoms with Crippen molar-refractivity contribution in [2.45, 2.75) is 20.8 Å². The van der Waals surface area contributed by atoms with E-state index in [0.717, 1.165) is 0 Å². The lowest BCUT2D eigenvalue weighted by Gasteiger charge is -2.06. The van der Waals surface area contributed by atoms with E-state index in [4.69, 9.17) is 0 Å². The molecule has 0 unspecified atom stereocenters. The van der Waals surface area contributed by atoms with Crippen LogP contribution in [0.15, 0.2) is 12.1 Å². The summed E-state index contributed by atoms with van der Waals surface area (Å²) in [5, 5.41) is 0. The fourth-order valence-electron chi connectivity index (χ4n) is 1.09. The lowest BCUT2D eigenvalue weighted by atomic mass is 9.87. The van der Waals surface area contributed by atoms with Crippen LogP contribution in [0, 0.1) is 20.8 Å². The van der Waals surface area contributed by atoms with Crippen LogP contribution in [-0.4, -0.2) is 7.85 Å². The number of aryl methyl sites for hydroxylation is 1. The maximum absolute atomic E-state index is 2.18. The van der Waals surface area contributed by atoms with Gasteiger partial charge in [0.2, 0.25) is 0 Å². The standard InChI is InChI=1S/C9H13B/c1-6-4-5-9(10)8(3)7(6)2/h4-5H,10H2,1-3H3. The van der Waals surface area contributed by atoms with Crippen molar-refractivity contribution in [3.05, 3.63) is 28.8 Å². The molecule has 1 aromatic carbocycles. The Balaban J connectivity index is 3.34. The smallest absolute Gasteiger partial charge is 0.0858 e. The molecule has 0 radical (unpaired) electrons. The van der Waals surface area contributed by atoms with Gasteiger partial charge in [0.25, 0.3) is 0 Å². The van der Waals surface area contributed by atoms with Crippen LogP contribution in [0.3, 0.4) is 0 Å². The van der Waals surface area contributed by atoms with Gasteiger partial charge in [-0.3, -0.25) is 0 Å². The van der Waals surface area contributed by atoms with Crippen LogP contribution in [0.25, 0.3) is 0 Å². The number of hydrogen-bond donors (Lipinski definition) is 0. The molecule has 0 aliphatic heterocycles. The van der Waals surface area contributed by atoms with Gasteiger partial charge in [0.15, 0.2) is 0 Å². The fourth-order valence-corrected chi connectivity index (χ4v) is 1.09. The first-order valence-corrected chi connectivity index (χ1v) is 3.66. The first kappa shape index (κ1) is 7.39. The van der Waals surface area contributed by atoms with Gasteiger partial charge in [-0.2, -0.15) is 0 Å². The number of hydrogen-bond acceptors (Lipinski definition) is 0. The van der Waals surface area contributed by atoms with E-state index < -0.39 is 0 Å². The summed E-state index contributed by atoms with van der Waals surface area (Å²) >= 11 is 0. The summed E-state index contributed by atoms with van der Waals surface area (Å²) in [6.07, 6.45) is 0. The number of rotatable bonds is 0. The Kier molecular flexibility index (Phi) is 1.84. The van der Waals surface area contributed by atoms with Crippen LogP contribution >= 0.6 is 0 Å². The molecule has 1 rings (SSSR count). The summed E-state index contributed by atoms with van der Waals surface area (Å²) in [6, 6.07) is 4.36. The fraction of sp³-hybridized carbons (Fsp3) is 0.333. The molecular weight excluding hydrogens is 119 g/mol. The molecule has 1 heteroatoms. The minimum absolute atomic E-state index is 1.39. The van der Waals surface area contributed by atoms with Gasteiger partial charge in [-0.1, -0.05) is 23.2 Å². The largest absolute Gasteiger partial charge is 0.139 e. The van der Waals surface area contributed by atoms with Crippen molar-refractivity contribution in [3.63, 3.8) is 0 Å². The summed E-state index contributed by atoms with van der Waals surface area (Å²) in [6.45, 7) is 6.51. The van der Waals surface area contributed by atoms with Crippen LogP contribution < -0.4 is 5.46 Å². The first-order chi connectivity index (χ1) is 4.63. The average Bonchev–Trinajstić information content (AvgIpc) is 1.93. The lowest BCUT2D eigenvalue weighted by Crippen LogP contribution is -2.08. The Morgan fingerprint density at radius 1 is 1.00 bits per heavy atom. The molecule has 0 aromatic heterocycles. The molecule has 0 aliphatic carbocycles. The van der Waals surface area contributed by atoms with Crippen LogP contribution in [-0.2, 0) is 0 Å². The molecule has 0 bridgehead atoms. The van der Waals surface area contributed by atoms with Crippen molar-refractivity contribution >= 4 is 13.3 Å². The first-order valence-electron chi connectivity index (χ1n) is 3.66. The highest BCUT2D eigenvalue weighted by Crippen LogP contribution is 2.07. The molecule has 0 amide bonds. The van der Waals surface area contributed by atoms with Crippen molar-refractivity contribution in [2.75, 3.05) is 0 Å². The maximum atomic E-state index is 2.18. The second-order valence-corrected chi connectivity index (χ2v) is 2.95. The molecule has 0 atom stereocenters. The van der Waals surface area contributed by atoms with Crippen molar-refractivity contribution in [1.82, 2.24) is 0 Å². The molecule has 0 spiro atoms. The summed E-state index contributed by atoms with van der Waals surface area (Å²) in [7, 11) is 2.15. The van der Waals surface area contributed by atoms with Gasteiger partial charge in [0.1, 0.15) is 7.85 Å². The van der Waals surface area contributed by atoms with Gasteiger partial charge >= 0.3 is 0 Å². The van der Waals surface area contributed by atoms with Gasteiger partial charge in [-0.15, -0.1) is 0 Å². The van der Waals surface area contributed by atoms with E-state index in [2.05, 4.69) is 40.8 Å². The molecule has 0 saturated heterocycles. The van der Waals surface area contributed by atoms with Crippen molar-refractivity contribution < 1.29 is 0 Å². The quantitative estimate of drug-likeness (QED) is 0.459. The predicted molar refractivity (Wildman–Crippen MR) is 48.8 cm³/mol. The van der Waals surface area contributed by atoms with Gasteiger partial charge < -0.3 is 0 Å². The second-order valence-electron chi connectivity index (χ2n) is 2.95. The van der Waals surface area contributed by atoms with Gasteiger partial charge in [0, 0.05) is 0 Å². The molecule has 0 nitrogen and oxygen atoms in total. The van der Waals surface area contributed by atoms with Gasteiger partial charge in [-0.05, 0) is 31.9 Å².